The molecule has 0 aromatic carbocycles. The van der Waals surface area contributed by atoms with Crippen LogP contribution in [0, 0.1) is 18.3 Å². The summed E-state index contributed by atoms with van der Waals surface area (Å²) < 4.78 is 28.3. The van der Waals surface area contributed by atoms with Crippen LogP contribution in [0.25, 0.3) is 5.78 Å². The number of alkyl halides is 2. The summed E-state index contributed by atoms with van der Waals surface area (Å²) in [6.07, 6.45) is 14.1. The Balaban J connectivity index is 0.000000290. The third-order valence-corrected chi connectivity index (χ3v) is 8.64. The van der Waals surface area contributed by atoms with Crippen LogP contribution in [0.5, 0.6) is 0 Å². The van der Waals surface area contributed by atoms with Crippen molar-refractivity contribution in [1.82, 2.24) is 24.9 Å². The predicted octanol–water partition coefficient (Wildman–Crippen LogP) is 7.71. The van der Waals surface area contributed by atoms with Crippen molar-refractivity contribution in [1.29, 1.82) is 0 Å². The molecule has 1 spiro atoms. The van der Waals surface area contributed by atoms with E-state index in [0.717, 1.165) is 36.5 Å². The van der Waals surface area contributed by atoms with Gasteiger partial charge in [-0.15, -0.1) is 0 Å². The standard InChI is InChI=1S/C21H28F2N4.C6H11N.C2H6/c1-13(16-8-20(9-16)11-21(22,23)12-20)17-10-27-19(24-17)25-18(14(2)26-27)15-6-4-3-5-7-15;1-6-4-2-3-5-7-6;1-2/h10,13,15-16H,3-9,11-12H2,1-2H3;7H,1-5H2;1-2H3. The summed E-state index contributed by atoms with van der Waals surface area (Å²) >= 11 is 0. The van der Waals surface area contributed by atoms with Gasteiger partial charge in [-0.1, -0.05) is 46.6 Å². The van der Waals surface area contributed by atoms with Crippen molar-refractivity contribution in [2.24, 2.45) is 11.3 Å². The Hall–Kier alpha value is -2.05. The minimum atomic E-state index is -2.42. The van der Waals surface area contributed by atoms with Gasteiger partial charge in [-0.25, -0.2) is 23.3 Å². The van der Waals surface area contributed by atoms with Gasteiger partial charge in [0, 0.05) is 36.9 Å². The average Bonchev–Trinajstić information content (AvgIpc) is 3.25. The zero-order chi connectivity index (χ0) is 25.9. The fourth-order valence-electron chi connectivity index (χ4n) is 6.71. The van der Waals surface area contributed by atoms with Gasteiger partial charge < -0.3 is 5.32 Å². The van der Waals surface area contributed by atoms with Gasteiger partial charge in [-0.05, 0) is 63.2 Å². The molecule has 1 unspecified atom stereocenters. The van der Waals surface area contributed by atoms with Crippen molar-refractivity contribution in [3.8, 4) is 0 Å². The summed E-state index contributed by atoms with van der Waals surface area (Å²) in [6.45, 7) is 13.2. The Bertz CT molecular complexity index is 1020. The van der Waals surface area contributed by atoms with E-state index in [2.05, 4.69) is 18.8 Å². The molecule has 7 heteroatoms. The Morgan fingerprint density at radius 3 is 2.31 bits per heavy atom. The lowest BCUT2D eigenvalue weighted by molar-refractivity contribution is -0.208. The zero-order valence-corrected chi connectivity index (χ0v) is 22.8. The number of piperidine rings is 1. The third kappa shape index (κ3) is 5.91. The van der Waals surface area contributed by atoms with E-state index in [4.69, 9.17) is 15.1 Å². The van der Waals surface area contributed by atoms with E-state index in [1.54, 1.807) is 4.52 Å². The number of nitrogens with one attached hydrogen (secondary N) is 1. The highest BCUT2D eigenvalue weighted by atomic mass is 19.3. The molecule has 4 aliphatic rings. The first-order valence-corrected chi connectivity index (χ1v) is 14.3. The molecule has 0 radical (unpaired) electrons. The molecule has 5 nitrogen and oxygen atoms in total. The largest absolute Gasteiger partial charge is 0.389 e. The molecular formula is C29H45F2N5. The Morgan fingerprint density at radius 1 is 1.06 bits per heavy atom. The molecule has 200 valence electrons. The molecule has 36 heavy (non-hydrogen) atoms. The first kappa shape index (κ1) is 27.0. The van der Waals surface area contributed by atoms with Crippen molar-refractivity contribution < 1.29 is 8.78 Å². The predicted molar refractivity (Wildman–Crippen MR) is 141 cm³/mol. The van der Waals surface area contributed by atoms with Gasteiger partial charge in [0.1, 0.15) is 0 Å². The molecule has 3 saturated carbocycles. The van der Waals surface area contributed by atoms with Gasteiger partial charge in [-0.2, -0.15) is 5.10 Å². The van der Waals surface area contributed by atoms with E-state index >= 15 is 0 Å². The molecule has 1 N–H and O–H groups in total. The molecule has 6 rings (SSSR count). The van der Waals surface area contributed by atoms with Crippen LogP contribution in [-0.2, 0) is 0 Å². The van der Waals surface area contributed by atoms with Gasteiger partial charge in [-0.3, -0.25) is 0 Å². The number of aryl methyl sites for hydroxylation is 1. The van der Waals surface area contributed by atoms with Gasteiger partial charge in [0.2, 0.25) is 5.92 Å². The Morgan fingerprint density at radius 2 is 1.75 bits per heavy atom. The minimum Gasteiger partial charge on any atom is -0.389 e. The molecule has 3 heterocycles. The second kappa shape index (κ2) is 11.1. The zero-order valence-electron chi connectivity index (χ0n) is 22.8. The van der Waals surface area contributed by atoms with Crippen LogP contribution in [0.2, 0.25) is 0 Å². The lowest BCUT2D eigenvalue weighted by atomic mass is 9.48. The molecule has 1 saturated heterocycles. The van der Waals surface area contributed by atoms with Crippen molar-refractivity contribution in [2.75, 3.05) is 6.54 Å². The smallest absolute Gasteiger partial charge is 0.251 e. The normalized spacial score (nSPS) is 23.9. The molecule has 0 bridgehead atoms. The van der Waals surface area contributed by atoms with Crippen LogP contribution in [0.3, 0.4) is 0 Å². The van der Waals surface area contributed by atoms with E-state index in [1.807, 2.05) is 27.0 Å². The summed E-state index contributed by atoms with van der Waals surface area (Å²) in [5, 5.41) is 7.91. The Labute approximate surface area is 215 Å². The number of aromatic nitrogens is 4. The quantitative estimate of drug-likeness (QED) is 0.468. The third-order valence-electron chi connectivity index (χ3n) is 8.64. The van der Waals surface area contributed by atoms with Crippen LogP contribution in [0.1, 0.15) is 127 Å². The number of imidazole rings is 1. The first-order valence-electron chi connectivity index (χ1n) is 14.3. The number of halogens is 2. The number of hydrogen-bond donors (Lipinski definition) is 1. The van der Waals surface area contributed by atoms with Gasteiger partial charge in [0.05, 0.1) is 23.3 Å². The molecule has 4 fully saturated rings. The monoisotopic (exact) mass is 501 g/mol. The molecule has 2 aromatic heterocycles. The molecule has 3 aliphatic carbocycles. The summed E-state index contributed by atoms with van der Waals surface area (Å²) in [7, 11) is 0. The van der Waals surface area contributed by atoms with E-state index in [-0.39, 0.29) is 24.2 Å². The van der Waals surface area contributed by atoms with Crippen LogP contribution in [-0.4, -0.2) is 32.0 Å². The van der Waals surface area contributed by atoms with Crippen LogP contribution in [0.15, 0.2) is 18.5 Å². The van der Waals surface area contributed by atoms with Crippen molar-refractivity contribution in [3.05, 3.63) is 35.6 Å². The van der Waals surface area contributed by atoms with Gasteiger partial charge in [0.15, 0.2) is 0 Å². The second-order valence-electron chi connectivity index (χ2n) is 11.5. The van der Waals surface area contributed by atoms with Crippen molar-refractivity contribution >= 4 is 5.78 Å². The van der Waals surface area contributed by atoms with E-state index in [0.29, 0.717) is 17.6 Å². The average molecular weight is 502 g/mol. The molecule has 1 atom stereocenters. The molecule has 0 amide bonds. The van der Waals surface area contributed by atoms with Crippen LogP contribution in [0.4, 0.5) is 8.78 Å². The number of fused-ring (bicyclic) bond motifs is 1. The van der Waals surface area contributed by atoms with Gasteiger partial charge >= 0.3 is 0 Å². The molecule has 2 aromatic rings. The van der Waals surface area contributed by atoms with Crippen LogP contribution >= 0.6 is 0 Å². The summed E-state index contributed by atoms with van der Waals surface area (Å²) in [5.74, 6) is -0.498. The lowest BCUT2D eigenvalue weighted by Crippen LogP contribution is -2.54. The second-order valence-corrected chi connectivity index (χ2v) is 11.5. The molecule has 1 aliphatic heterocycles. The minimum absolute atomic E-state index is 0.0805. The SMILES string of the molecule is C=C1CCCCN1.CC.Cc1nn2cc(C(C)C3CC4(C3)CC(F)(F)C4)nc2nc1C1CCCCC1. The highest BCUT2D eigenvalue weighted by Crippen LogP contribution is 2.66. The summed E-state index contributed by atoms with van der Waals surface area (Å²) in [5.41, 5.74) is 4.26. The fraction of sp³-hybridized carbons (Fsp3) is 0.759. The number of rotatable bonds is 3. The van der Waals surface area contributed by atoms with Crippen molar-refractivity contribution in [2.45, 2.75) is 123 Å². The van der Waals surface area contributed by atoms with E-state index < -0.39 is 5.92 Å². The number of nitrogens with zero attached hydrogens (tertiary/aromatic N) is 4. The van der Waals surface area contributed by atoms with Gasteiger partial charge in [0.25, 0.3) is 5.78 Å². The fourth-order valence-corrected chi connectivity index (χ4v) is 6.71. The number of hydrogen-bond acceptors (Lipinski definition) is 4. The maximum Gasteiger partial charge on any atom is 0.251 e. The Kier molecular flexibility index (Phi) is 8.35. The maximum absolute atomic E-state index is 13.2. The topological polar surface area (TPSA) is 55.1 Å². The maximum atomic E-state index is 13.2. The van der Waals surface area contributed by atoms with Crippen molar-refractivity contribution in [3.63, 3.8) is 0 Å². The lowest BCUT2D eigenvalue weighted by Gasteiger charge is -2.58. The molecular weight excluding hydrogens is 456 g/mol. The van der Waals surface area contributed by atoms with E-state index in [9.17, 15) is 8.78 Å². The van der Waals surface area contributed by atoms with Crippen LogP contribution < -0.4 is 5.32 Å². The first-order chi connectivity index (χ1) is 17.2. The summed E-state index contributed by atoms with van der Waals surface area (Å²) in [6, 6.07) is 0. The highest BCUT2D eigenvalue weighted by Gasteiger charge is 2.62. The summed E-state index contributed by atoms with van der Waals surface area (Å²) in [4.78, 5) is 9.64. The van der Waals surface area contributed by atoms with E-state index in [1.165, 1.54) is 57.1 Å². The highest BCUT2D eigenvalue weighted by molar-refractivity contribution is 5.34. The number of allylic oxidation sites excluding steroid dienone is 1.